The third-order valence-electron chi connectivity index (χ3n) is 5.09. The zero-order valence-corrected chi connectivity index (χ0v) is 18.3. The highest BCUT2D eigenvalue weighted by molar-refractivity contribution is 6.03. The van der Waals surface area contributed by atoms with Gasteiger partial charge in [-0.3, -0.25) is 9.48 Å². The van der Waals surface area contributed by atoms with E-state index in [2.05, 4.69) is 30.3 Å². The summed E-state index contributed by atoms with van der Waals surface area (Å²) in [5.41, 5.74) is 1.92. The summed E-state index contributed by atoms with van der Waals surface area (Å²) in [5, 5.41) is 17.8. The van der Waals surface area contributed by atoms with Crippen molar-refractivity contribution in [3.05, 3.63) is 42.5 Å². The Labute approximate surface area is 181 Å². The Morgan fingerprint density at radius 1 is 1.32 bits per heavy atom. The van der Waals surface area contributed by atoms with Gasteiger partial charge in [0.2, 0.25) is 0 Å². The van der Waals surface area contributed by atoms with Crippen LogP contribution in [0.1, 0.15) is 37.2 Å². The van der Waals surface area contributed by atoms with Crippen molar-refractivity contribution in [1.29, 1.82) is 0 Å². The number of nitrogens with zero attached hydrogens (tertiary/aromatic N) is 7. The molecule has 31 heavy (non-hydrogen) atoms. The summed E-state index contributed by atoms with van der Waals surface area (Å²) >= 11 is 0. The summed E-state index contributed by atoms with van der Waals surface area (Å²) in [5.74, 6) is 0.926. The van der Waals surface area contributed by atoms with E-state index in [1.807, 2.05) is 12.4 Å². The monoisotopic (exact) mass is 424 g/mol. The molecular formula is C21H28N8O2. The van der Waals surface area contributed by atoms with E-state index >= 15 is 0 Å². The molecule has 0 atom stereocenters. The number of hydrogen-bond donors (Lipinski definition) is 2. The number of hydrogen-bond acceptors (Lipinski definition) is 8. The van der Waals surface area contributed by atoms with Gasteiger partial charge in [-0.15, -0.1) is 0 Å². The molecule has 1 fully saturated rings. The number of aromatic nitrogens is 4. The Morgan fingerprint density at radius 2 is 2.03 bits per heavy atom. The van der Waals surface area contributed by atoms with E-state index in [0.29, 0.717) is 18.2 Å². The lowest BCUT2D eigenvalue weighted by Gasteiger charge is -2.31. The molecule has 1 aliphatic carbocycles. The lowest BCUT2D eigenvalue weighted by atomic mass is 10.1. The molecule has 0 spiro atoms. The number of aliphatic hydroxyl groups is 1. The lowest BCUT2D eigenvalue weighted by Crippen LogP contribution is -2.41. The first-order chi connectivity index (χ1) is 14.7. The standard InChI is InChI=1S/C21H28N8O2/c1-21(2,31)12-27(3)20(30)19-17(10-28(4)26-19)29-11-18(24-9-16(29)14-5-6-14)25-15-7-22-13-23-8-15/h7-10,13-14,31H,5-6,11-12H2,1-4H3,(H,24,25). The van der Waals surface area contributed by atoms with Crippen molar-refractivity contribution in [2.75, 3.05) is 30.4 Å². The van der Waals surface area contributed by atoms with Crippen LogP contribution in [0.5, 0.6) is 0 Å². The van der Waals surface area contributed by atoms with Gasteiger partial charge in [-0.25, -0.2) is 15.0 Å². The minimum Gasteiger partial charge on any atom is -0.389 e. The van der Waals surface area contributed by atoms with Crippen molar-refractivity contribution < 1.29 is 9.90 Å². The topological polar surface area (TPSA) is 112 Å². The van der Waals surface area contributed by atoms with Crippen LogP contribution in [0.3, 0.4) is 0 Å². The summed E-state index contributed by atoms with van der Waals surface area (Å²) in [6.07, 6.45) is 10.8. The van der Waals surface area contributed by atoms with Gasteiger partial charge in [-0.1, -0.05) is 0 Å². The van der Waals surface area contributed by atoms with Crippen molar-refractivity contribution in [3.8, 4) is 0 Å². The van der Waals surface area contributed by atoms with E-state index in [-0.39, 0.29) is 12.5 Å². The lowest BCUT2D eigenvalue weighted by molar-refractivity contribution is 0.0365. The van der Waals surface area contributed by atoms with Gasteiger partial charge >= 0.3 is 0 Å². The number of allylic oxidation sites excluding steroid dienone is 1. The van der Waals surface area contributed by atoms with E-state index in [1.165, 1.54) is 11.2 Å². The molecule has 164 valence electrons. The fourth-order valence-electron chi connectivity index (χ4n) is 3.69. The first-order valence-electron chi connectivity index (χ1n) is 10.3. The number of likely N-dealkylation sites (N-methyl/N-ethyl adjacent to an activating group) is 1. The van der Waals surface area contributed by atoms with Gasteiger partial charge in [0.05, 0.1) is 35.9 Å². The molecule has 0 aromatic carbocycles. The van der Waals surface area contributed by atoms with Crippen LogP contribution in [0.15, 0.2) is 41.8 Å². The van der Waals surface area contributed by atoms with Crippen LogP contribution in [0.4, 0.5) is 11.4 Å². The molecule has 1 amide bonds. The number of nitrogens with one attached hydrogen (secondary N) is 1. The molecule has 3 heterocycles. The Hall–Kier alpha value is -3.27. The van der Waals surface area contributed by atoms with E-state index in [1.54, 1.807) is 45.0 Å². The van der Waals surface area contributed by atoms with Crippen molar-refractivity contribution in [2.45, 2.75) is 32.3 Å². The molecule has 0 radical (unpaired) electrons. The zero-order valence-electron chi connectivity index (χ0n) is 18.3. The zero-order chi connectivity index (χ0) is 22.2. The summed E-state index contributed by atoms with van der Waals surface area (Å²) in [6, 6.07) is 0. The van der Waals surface area contributed by atoms with Gasteiger partial charge in [0, 0.05) is 44.7 Å². The fourth-order valence-corrected chi connectivity index (χ4v) is 3.69. The smallest absolute Gasteiger partial charge is 0.276 e. The molecule has 10 heteroatoms. The molecule has 1 aliphatic heterocycles. The normalized spacial score (nSPS) is 16.6. The number of amides is 1. The number of aryl methyl sites for hydroxylation is 1. The van der Waals surface area contributed by atoms with Crippen LogP contribution >= 0.6 is 0 Å². The Morgan fingerprint density at radius 3 is 2.68 bits per heavy atom. The minimum absolute atomic E-state index is 0.204. The molecule has 2 aliphatic rings. The van der Waals surface area contributed by atoms with E-state index in [4.69, 9.17) is 0 Å². The van der Waals surface area contributed by atoms with Crippen LogP contribution in [-0.2, 0) is 7.05 Å². The van der Waals surface area contributed by atoms with Gasteiger partial charge in [0.15, 0.2) is 5.69 Å². The highest BCUT2D eigenvalue weighted by atomic mass is 16.3. The molecule has 0 unspecified atom stereocenters. The minimum atomic E-state index is -0.995. The Balaban J connectivity index is 1.63. The highest BCUT2D eigenvalue weighted by Gasteiger charge is 2.36. The second-order valence-electron chi connectivity index (χ2n) is 8.75. The average Bonchev–Trinajstić information content (AvgIpc) is 3.48. The van der Waals surface area contributed by atoms with Crippen LogP contribution in [-0.4, -0.2) is 67.2 Å². The summed E-state index contributed by atoms with van der Waals surface area (Å²) < 4.78 is 1.65. The molecular weight excluding hydrogens is 396 g/mol. The molecule has 2 aromatic rings. The number of aliphatic imine (C=N–C) groups is 1. The second-order valence-corrected chi connectivity index (χ2v) is 8.75. The van der Waals surface area contributed by atoms with Gasteiger partial charge in [-0.05, 0) is 26.7 Å². The highest BCUT2D eigenvalue weighted by Crippen LogP contribution is 2.41. The Bertz CT molecular complexity index is 1020. The molecule has 10 nitrogen and oxygen atoms in total. The average molecular weight is 425 g/mol. The Kier molecular flexibility index (Phi) is 5.48. The summed E-state index contributed by atoms with van der Waals surface area (Å²) in [6.45, 7) is 4.03. The molecule has 2 aromatic heterocycles. The van der Waals surface area contributed by atoms with Crippen LogP contribution in [0, 0.1) is 5.92 Å². The predicted molar refractivity (Wildman–Crippen MR) is 118 cm³/mol. The van der Waals surface area contributed by atoms with Gasteiger partial charge < -0.3 is 20.2 Å². The maximum Gasteiger partial charge on any atom is 0.276 e. The SMILES string of the molecule is CN(CC(C)(C)O)C(=O)c1nn(C)cc1N1CC(Nc2cncnc2)=NC=C1C1CC1. The number of amidine groups is 1. The van der Waals surface area contributed by atoms with E-state index < -0.39 is 5.60 Å². The summed E-state index contributed by atoms with van der Waals surface area (Å²) in [7, 11) is 3.48. The third kappa shape index (κ3) is 4.91. The van der Waals surface area contributed by atoms with Crippen LogP contribution < -0.4 is 10.2 Å². The first-order valence-corrected chi connectivity index (χ1v) is 10.3. The van der Waals surface area contributed by atoms with Crippen molar-refractivity contribution in [1.82, 2.24) is 24.6 Å². The number of carbonyl (C=O) groups is 1. The maximum atomic E-state index is 13.2. The third-order valence-corrected chi connectivity index (χ3v) is 5.09. The molecule has 2 N–H and O–H groups in total. The fraction of sp³-hybridized carbons (Fsp3) is 0.476. The number of carbonyl (C=O) groups excluding carboxylic acids is 1. The molecule has 1 saturated carbocycles. The number of anilines is 2. The largest absolute Gasteiger partial charge is 0.389 e. The second kappa shape index (κ2) is 8.10. The molecule has 0 saturated heterocycles. The van der Waals surface area contributed by atoms with E-state index in [9.17, 15) is 9.90 Å². The molecule has 0 bridgehead atoms. The quantitative estimate of drug-likeness (QED) is 0.725. The van der Waals surface area contributed by atoms with Gasteiger partial charge in [-0.2, -0.15) is 5.10 Å². The number of rotatable bonds is 6. The summed E-state index contributed by atoms with van der Waals surface area (Å²) in [4.78, 5) is 29.5. The first kappa shape index (κ1) is 21.0. The van der Waals surface area contributed by atoms with Crippen LogP contribution in [0.25, 0.3) is 0 Å². The van der Waals surface area contributed by atoms with Crippen molar-refractivity contribution in [3.63, 3.8) is 0 Å². The van der Waals surface area contributed by atoms with Gasteiger partial charge in [0.1, 0.15) is 12.2 Å². The van der Waals surface area contributed by atoms with E-state index in [0.717, 1.165) is 35.7 Å². The van der Waals surface area contributed by atoms with Gasteiger partial charge in [0.25, 0.3) is 5.91 Å². The van der Waals surface area contributed by atoms with Crippen LogP contribution in [0.2, 0.25) is 0 Å². The van der Waals surface area contributed by atoms with Crippen molar-refractivity contribution >= 4 is 23.1 Å². The maximum absolute atomic E-state index is 13.2. The molecule has 4 rings (SSSR count). The predicted octanol–water partition coefficient (Wildman–Crippen LogP) is 1.64. The van der Waals surface area contributed by atoms with Crippen molar-refractivity contribution in [2.24, 2.45) is 18.0 Å².